The van der Waals surface area contributed by atoms with Crippen molar-refractivity contribution in [2.75, 3.05) is 11.9 Å². The molecule has 202 valence electrons. The molecule has 0 spiro atoms. The van der Waals surface area contributed by atoms with Gasteiger partial charge in [-0.25, -0.2) is 15.0 Å². The van der Waals surface area contributed by atoms with Gasteiger partial charge in [0.1, 0.15) is 11.2 Å². The summed E-state index contributed by atoms with van der Waals surface area (Å²) in [7, 11) is 0. The summed E-state index contributed by atoms with van der Waals surface area (Å²) >= 11 is 0. The molecule has 0 aliphatic heterocycles. The maximum atomic E-state index is 4.94. The van der Waals surface area contributed by atoms with Crippen LogP contribution in [-0.4, -0.2) is 46.2 Å². The molecule has 3 N–H and O–H groups in total. The lowest BCUT2D eigenvalue weighted by molar-refractivity contribution is 1.02. The van der Waals surface area contributed by atoms with E-state index in [1.807, 2.05) is 23.9 Å². The Labute approximate surface area is 236 Å². The van der Waals surface area contributed by atoms with Gasteiger partial charge in [-0.15, -0.1) is 0 Å². The molecule has 0 unspecified atom stereocenters. The first-order valence-electron chi connectivity index (χ1n) is 13.8. The number of pyridine rings is 2. The van der Waals surface area contributed by atoms with Gasteiger partial charge in [0, 0.05) is 30.2 Å². The van der Waals surface area contributed by atoms with E-state index in [4.69, 9.17) is 4.98 Å². The largest absolute Gasteiger partial charge is 0.385 e. The van der Waals surface area contributed by atoms with Crippen LogP contribution in [0, 0.1) is 6.92 Å². The zero-order valence-electron chi connectivity index (χ0n) is 22.9. The molecule has 5 heterocycles. The number of hydrogen-bond acceptors (Lipinski definition) is 6. The van der Waals surface area contributed by atoms with Crippen LogP contribution in [0.25, 0.3) is 50.4 Å². The van der Waals surface area contributed by atoms with Crippen LogP contribution >= 0.6 is 0 Å². The van der Waals surface area contributed by atoms with Crippen molar-refractivity contribution in [2.24, 2.45) is 0 Å². The fourth-order valence-electron chi connectivity index (χ4n) is 5.18. The van der Waals surface area contributed by atoms with Crippen LogP contribution < -0.4 is 5.32 Å². The van der Waals surface area contributed by atoms with Gasteiger partial charge in [-0.05, 0) is 54.7 Å². The Hall–Kier alpha value is -5.31. The molecule has 0 aliphatic carbocycles. The van der Waals surface area contributed by atoms with E-state index in [1.54, 1.807) is 18.7 Å². The van der Waals surface area contributed by atoms with Crippen LogP contribution in [0.1, 0.15) is 23.7 Å². The van der Waals surface area contributed by atoms with Crippen molar-refractivity contribution in [3.8, 4) is 28.3 Å². The number of rotatable bonds is 8. The molecule has 7 rings (SSSR count). The number of benzene rings is 2. The van der Waals surface area contributed by atoms with Crippen LogP contribution in [0.2, 0.25) is 0 Å². The smallest absolute Gasteiger partial charge is 0.181 e. The van der Waals surface area contributed by atoms with Crippen molar-refractivity contribution in [1.29, 1.82) is 0 Å². The number of imidazole rings is 2. The Balaban J connectivity index is 1.23. The van der Waals surface area contributed by atoms with Crippen molar-refractivity contribution >= 4 is 27.8 Å². The Bertz CT molecular complexity index is 1980. The predicted octanol–water partition coefficient (Wildman–Crippen LogP) is 6.27. The second-order valence-electron chi connectivity index (χ2n) is 10.2. The normalized spacial score (nSPS) is 11.5. The van der Waals surface area contributed by atoms with E-state index in [9.17, 15) is 0 Å². The van der Waals surface area contributed by atoms with Crippen LogP contribution in [0.15, 0.2) is 85.7 Å². The van der Waals surface area contributed by atoms with Gasteiger partial charge >= 0.3 is 0 Å². The van der Waals surface area contributed by atoms with Crippen LogP contribution in [0.4, 0.5) is 5.69 Å². The predicted molar refractivity (Wildman–Crippen MR) is 162 cm³/mol. The monoisotopic (exact) mass is 539 g/mol. The van der Waals surface area contributed by atoms with Crippen LogP contribution in [0.3, 0.4) is 0 Å². The number of nitrogens with zero attached hydrogens (tertiary/aromatic N) is 6. The molecule has 0 bridgehead atoms. The Morgan fingerprint density at radius 2 is 1.83 bits per heavy atom. The van der Waals surface area contributed by atoms with Crippen molar-refractivity contribution in [2.45, 2.75) is 26.7 Å². The summed E-state index contributed by atoms with van der Waals surface area (Å²) in [5.41, 5.74) is 10.7. The summed E-state index contributed by atoms with van der Waals surface area (Å²) < 4.78 is 1.94. The molecule has 0 fully saturated rings. The number of hydrogen-bond donors (Lipinski definition) is 3. The van der Waals surface area contributed by atoms with Gasteiger partial charge in [0.2, 0.25) is 0 Å². The number of anilines is 1. The van der Waals surface area contributed by atoms with E-state index in [2.05, 4.69) is 97.0 Å². The van der Waals surface area contributed by atoms with Crippen LogP contribution in [-0.2, 0) is 12.8 Å². The highest BCUT2D eigenvalue weighted by molar-refractivity contribution is 5.94. The first kappa shape index (κ1) is 24.7. The number of fused-ring (bicyclic) bond motifs is 2. The van der Waals surface area contributed by atoms with Crippen LogP contribution in [0.5, 0.6) is 0 Å². The molecular formula is C32H29N9. The molecule has 0 radical (unpaired) electrons. The van der Waals surface area contributed by atoms with Gasteiger partial charge in [0.15, 0.2) is 11.5 Å². The molecule has 41 heavy (non-hydrogen) atoms. The number of aromatic nitrogens is 8. The maximum Gasteiger partial charge on any atom is 0.181 e. The molecule has 0 amide bonds. The highest BCUT2D eigenvalue weighted by atomic mass is 15.2. The zero-order chi connectivity index (χ0) is 27.8. The van der Waals surface area contributed by atoms with Gasteiger partial charge in [-0.1, -0.05) is 43.3 Å². The summed E-state index contributed by atoms with van der Waals surface area (Å²) in [5, 5.41) is 12.1. The summed E-state index contributed by atoms with van der Waals surface area (Å²) in [5.74, 6) is 0.679. The number of aromatic amines is 2. The molecular weight excluding hydrogens is 510 g/mol. The summed E-state index contributed by atoms with van der Waals surface area (Å²) in [4.78, 5) is 21.8. The first-order chi connectivity index (χ1) is 20.1. The third-order valence-corrected chi connectivity index (χ3v) is 7.33. The molecule has 2 aromatic carbocycles. The van der Waals surface area contributed by atoms with Crippen molar-refractivity contribution in [3.63, 3.8) is 0 Å². The van der Waals surface area contributed by atoms with E-state index in [0.717, 1.165) is 69.7 Å². The quantitative estimate of drug-likeness (QED) is 0.210. The van der Waals surface area contributed by atoms with Gasteiger partial charge in [-0.2, -0.15) is 5.10 Å². The summed E-state index contributed by atoms with van der Waals surface area (Å²) in [6.07, 6.45) is 11.1. The molecule has 0 atom stereocenters. The van der Waals surface area contributed by atoms with Gasteiger partial charge in [0.25, 0.3) is 0 Å². The van der Waals surface area contributed by atoms with Gasteiger partial charge < -0.3 is 14.9 Å². The van der Waals surface area contributed by atoms with Crippen molar-refractivity contribution in [1.82, 2.24) is 39.7 Å². The lowest BCUT2D eigenvalue weighted by Gasteiger charge is -2.12. The van der Waals surface area contributed by atoms with E-state index in [0.29, 0.717) is 11.5 Å². The first-order valence-corrected chi connectivity index (χ1v) is 13.8. The molecule has 0 aliphatic rings. The Kier molecular flexibility index (Phi) is 6.24. The second kappa shape index (κ2) is 10.3. The number of nitrogens with one attached hydrogen (secondary N) is 3. The molecule has 5 aromatic heterocycles. The van der Waals surface area contributed by atoms with E-state index >= 15 is 0 Å². The fourth-order valence-corrected chi connectivity index (χ4v) is 5.18. The lowest BCUT2D eigenvalue weighted by Crippen LogP contribution is -2.05. The third kappa shape index (κ3) is 4.82. The molecule has 0 saturated carbocycles. The molecule has 7 aromatic rings. The highest BCUT2D eigenvalue weighted by Gasteiger charge is 2.17. The van der Waals surface area contributed by atoms with E-state index in [-0.39, 0.29) is 0 Å². The minimum absolute atomic E-state index is 0.639. The average Bonchev–Trinajstić information content (AvgIpc) is 3.75. The van der Waals surface area contributed by atoms with Gasteiger partial charge in [-0.3, -0.25) is 10.1 Å². The highest BCUT2D eigenvalue weighted by Crippen LogP contribution is 2.32. The summed E-state index contributed by atoms with van der Waals surface area (Å²) in [6, 6.07) is 19.3. The Morgan fingerprint density at radius 1 is 0.927 bits per heavy atom. The van der Waals surface area contributed by atoms with Crippen molar-refractivity contribution in [3.05, 3.63) is 103 Å². The fraction of sp³-hybridized carbons (Fsp3) is 0.156. The molecule has 9 nitrogen and oxygen atoms in total. The average molecular weight is 540 g/mol. The SMILES string of the molecule is CCc1cc(NCCc2ccccc2)cc(-c2cnc3n[nH]c(-c4nc5c(-n6cnc(C)c6)cncc5[nH]4)c3c2)c1. The molecule has 0 saturated heterocycles. The maximum absolute atomic E-state index is 4.94. The Morgan fingerprint density at radius 3 is 2.66 bits per heavy atom. The third-order valence-electron chi connectivity index (χ3n) is 7.33. The standard InChI is InChI=1S/C32H29N9/c1-3-21-11-23(13-25(12-21)34-10-9-22-7-5-4-6-8-22)24-14-26-29(39-40-31(26)35-15-24)32-37-27-16-33-17-28(30(27)38-32)41-18-20(2)36-19-41/h4-8,11-19,34H,3,9-10H2,1-2H3,(H,37,38)(H,35,39,40). The van der Waals surface area contributed by atoms with Gasteiger partial charge in [0.05, 0.1) is 41.0 Å². The number of aryl methyl sites for hydroxylation is 2. The minimum atomic E-state index is 0.639. The topological polar surface area (TPSA) is 113 Å². The zero-order valence-corrected chi connectivity index (χ0v) is 22.9. The molecule has 9 heteroatoms. The lowest BCUT2D eigenvalue weighted by atomic mass is 10.0. The van der Waals surface area contributed by atoms with Crippen molar-refractivity contribution < 1.29 is 0 Å². The number of H-pyrrole nitrogens is 2. The minimum Gasteiger partial charge on any atom is -0.385 e. The van der Waals surface area contributed by atoms with E-state index in [1.165, 1.54) is 11.1 Å². The van der Waals surface area contributed by atoms with E-state index < -0.39 is 0 Å². The second-order valence-corrected chi connectivity index (χ2v) is 10.2. The summed E-state index contributed by atoms with van der Waals surface area (Å²) in [6.45, 7) is 5.00.